The lowest BCUT2D eigenvalue weighted by molar-refractivity contribution is -0.134. The van der Waals surface area contributed by atoms with Crippen molar-refractivity contribution in [1.29, 1.82) is 0 Å². The number of carbonyl (C=O) groups is 1. The molecule has 0 spiro atoms. The minimum absolute atomic E-state index is 0.0148. The summed E-state index contributed by atoms with van der Waals surface area (Å²) in [6, 6.07) is 9.74. The Balaban J connectivity index is 1.42. The molecular formula is C20H27N5O3. The van der Waals surface area contributed by atoms with Gasteiger partial charge in [0.1, 0.15) is 5.75 Å². The van der Waals surface area contributed by atoms with Crippen molar-refractivity contribution in [2.24, 2.45) is 0 Å². The number of likely N-dealkylation sites (tertiary alicyclic amines) is 1. The molecule has 1 fully saturated rings. The van der Waals surface area contributed by atoms with Crippen molar-refractivity contribution in [3.8, 4) is 5.75 Å². The maximum absolute atomic E-state index is 12.5. The van der Waals surface area contributed by atoms with Crippen LogP contribution in [-0.4, -0.2) is 67.4 Å². The van der Waals surface area contributed by atoms with Gasteiger partial charge in [0, 0.05) is 25.7 Å². The number of carbonyl (C=O) groups excluding carboxylic acids is 1. The van der Waals surface area contributed by atoms with Gasteiger partial charge in [-0.3, -0.25) is 9.69 Å². The second-order valence-electron chi connectivity index (χ2n) is 7.74. The van der Waals surface area contributed by atoms with Crippen LogP contribution in [0.1, 0.15) is 38.0 Å². The van der Waals surface area contributed by atoms with Crippen LogP contribution in [0.15, 0.2) is 30.3 Å². The van der Waals surface area contributed by atoms with Gasteiger partial charge < -0.3 is 19.3 Å². The molecule has 2 aliphatic heterocycles. The van der Waals surface area contributed by atoms with Crippen LogP contribution in [0.25, 0.3) is 0 Å². The highest BCUT2D eigenvalue weighted by molar-refractivity contribution is 5.77. The normalized spacial score (nSPS) is 22.5. The van der Waals surface area contributed by atoms with Gasteiger partial charge in [-0.15, -0.1) is 10.2 Å². The summed E-state index contributed by atoms with van der Waals surface area (Å²) in [6.45, 7) is 6.63. The Morgan fingerprint density at radius 3 is 2.79 bits per heavy atom. The summed E-state index contributed by atoms with van der Waals surface area (Å²) in [5.74, 6) is 2.32. The van der Waals surface area contributed by atoms with E-state index in [1.54, 1.807) is 4.90 Å². The highest BCUT2D eigenvalue weighted by Crippen LogP contribution is 2.33. The molecule has 1 aromatic carbocycles. The van der Waals surface area contributed by atoms with Gasteiger partial charge in [0.05, 0.1) is 18.7 Å². The third-order valence-corrected chi connectivity index (χ3v) is 5.52. The van der Waals surface area contributed by atoms with Crippen molar-refractivity contribution in [3.05, 3.63) is 42.0 Å². The Morgan fingerprint density at radius 1 is 1.25 bits per heavy atom. The van der Waals surface area contributed by atoms with Gasteiger partial charge in [-0.2, -0.15) is 0 Å². The largest absolute Gasteiger partial charge is 0.484 e. The van der Waals surface area contributed by atoms with Crippen molar-refractivity contribution in [3.63, 3.8) is 0 Å². The zero-order valence-electron chi connectivity index (χ0n) is 16.4. The van der Waals surface area contributed by atoms with Crippen LogP contribution in [0.2, 0.25) is 0 Å². The molecule has 8 nitrogen and oxygen atoms in total. The van der Waals surface area contributed by atoms with Crippen LogP contribution in [0.5, 0.6) is 5.75 Å². The van der Waals surface area contributed by atoms with Gasteiger partial charge in [0.25, 0.3) is 5.91 Å². The van der Waals surface area contributed by atoms with Crippen LogP contribution >= 0.6 is 0 Å². The van der Waals surface area contributed by atoms with E-state index in [-0.39, 0.29) is 24.7 Å². The molecule has 1 amide bonds. The molecule has 2 aromatic rings. The first-order chi connectivity index (χ1) is 13.5. The van der Waals surface area contributed by atoms with E-state index in [0.717, 1.165) is 11.6 Å². The zero-order valence-corrected chi connectivity index (χ0v) is 16.4. The van der Waals surface area contributed by atoms with Gasteiger partial charge in [-0.25, -0.2) is 0 Å². The summed E-state index contributed by atoms with van der Waals surface area (Å²) in [4.78, 5) is 16.6. The monoisotopic (exact) mass is 385 g/mol. The minimum atomic E-state index is -0.336. The molecule has 0 radical (unpaired) electrons. The molecule has 0 saturated carbocycles. The fourth-order valence-corrected chi connectivity index (χ4v) is 4.06. The molecule has 1 aromatic heterocycles. The number of β-amino-alcohol motifs (C(OH)–C–C–N with tert-alkyl or cyclic N) is 1. The molecule has 2 atom stereocenters. The topological polar surface area (TPSA) is 83.7 Å². The maximum Gasteiger partial charge on any atom is 0.260 e. The average Bonchev–Trinajstić information content (AvgIpc) is 3.29. The second kappa shape index (κ2) is 7.89. The quantitative estimate of drug-likeness (QED) is 0.833. The summed E-state index contributed by atoms with van der Waals surface area (Å²) in [5.41, 5.74) is 0. The highest BCUT2D eigenvalue weighted by atomic mass is 16.5. The fourth-order valence-electron chi connectivity index (χ4n) is 4.06. The lowest BCUT2D eigenvalue weighted by Gasteiger charge is -2.31. The Labute approximate surface area is 164 Å². The van der Waals surface area contributed by atoms with Crippen molar-refractivity contribution in [2.75, 3.05) is 19.7 Å². The van der Waals surface area contributed by atoms with Crippen molar-refractivity contribution >= 4 is 5.91 Å². The summed E-state index contributed by atoms with van der Waals surface area (Å²) in [6.07, 6.45) is 0.335. The highest BCUT2D eigenvalue weighted by Gasteiger charge is 2.38. The lowest BCUT2D eigenvalue weighted by Crippen LogP contribution is -2.41. The molecule has 4 rings (SSSR count). The number of aromatic nitrogens is 3. The number of hydrogen-bond acceptors (Lipinski definition) is 6. The predicted octanol–water partition coefficient (Wildman–Crippen LogP) is 1.22. The molecule has 0 bridgehead atoms. The number of aliphatic hydroxyl groups is 1. The average molecular weight is 385 g/mol. The predicted molar refractivity (Wildman–Crippen MR) is 103 cm³/mol. The van der Waals surface area contributed by atoms with Crippen molar-refractivity contribution in [2.45, 2.75) is 51.5 Å². The SMILES string of the molecule is CC(C)N1C[C@@H](O)C[C@H]1c1nnc2n1CCN(C(=O)COc1ccccc1)C2. The third kappa shape index (κ3) is 3.74. The van der Waals surface area contributed by atoms with Gasteiger partial charge in [-0.1, -0.05) is 18.2 Å². The van der Waals surface area contributed by atoms with Gasteiger partial charge >= 0.3 is 0 Å². The number of nitrogens with zero attached hydrogens (tertiary/aromatic N) is 5. The maximum atomic E-state index is 12.5. The van der Waals surface area contributed by atoms with Crippen LogP contribution in [0.4, 0.5) is 0 Å². The summed E-state index contributed by atoms with van der Waals surface area (Å²) < 4.78 is 7.69. The first-order valence-corrected chi connectivity index (χ1v) is 9.84. The van der Waals surface area contributed by atoms with Crippen LogP contribution in [-0.2, 0) is 17.9 Å². The van der Waals surface area contributed by atoms with E-state index < -0.39 is 0 Å². The molecule has 28 heavy (non-hydrogen) atoms. The molecule has 0 unspecified atom stereocenters. The van der Waals surface area contributed by atoms with E-state index >= 15 is 0 Å². The smallest absolute Gasteiger partial charge is 0.260 e. The van der Waals surface area contributed by atoms with Gasteiger partial charge in [0.2, 0.25) is 0 Å². The molecule has 150 valence electrons. The number of amides is 1. The summed E-state index contributed by atoms with van der Waals surface area (Å²) in [7, 11) is 0. The van der Waals surface area contributed by atoms with E-state index in [2.05, 4.69) is 33.5 Å². The van der Waals surface area contributed by atoms with E-state index in [1.807, 2.05) is 30.3 Å². The number of para-hydroxylation sites is 1. The Kier molecular flexibility index (Phi) is 5.32. The molecule has 1 N–H and O–H groups in total. The molecule has 8 heteroatoms. The number of hydrogen-bond donors (Lipinski definition) is 1. The zero-order chi connectivity index (χ0) is 19.7. The summed E-state index contributed by atoms with van der Waals surface area (Å²) in [5, 5.41) is 18.9. The van der Waals surface area contributed by atoms with Gasteiger partial charge in [-0.05, 0) is 32.4 Å². The fraction of sp³-hybridized carbons (Fsp3) is 0.550. The van der Waals surface area contributed by atoms with Crippen LogP contribution in [0, 0.1) is 0 Å². The first-order valence-electron chi connectivity index (χ1n) is 9.84. The molecule has 3 heterocycles. The third-order valence-electron chi connectivity index (χ3n) is 5.52. The molecule has 0 aliphatic carbocycles. The minimum Gasteiger partial charge on any atom is -0.484 e. The van der Waals surface area contributed by atoms with Crippen molar-refractivity contribution < 1.29 is 14.6 Å². The number of ether oxygens (including phenoxy) is 1. The molecular weight excluding hydrogens is 358 g/mol. The van der Waals surface area contributed by atoms with Crippen LogP contribution in [0.3, 0.4) is 0 Å². The van der Waals surface area contributed by atoms with Crippen molar-refractivity contribution in [1.82, 2.24) is 24.6 Å². The number of rotatable bonds is 5. The lowest BCUT2D eigenvalue weighted by atomic mass is 10.1. The van der Waals surface area contributed by atoms with E-state index in [0.29, 0.717) is 44.4 Å². The first kappa shape index (κ1) is 18.9. The van der Waals surface area contributed by atoms with Gasteiger partial charge in [0.15, 0.2) is 18.3 Å². The Morgan fingerprint density at radius 2 is 2.04 bits per heavy atom. The van der Waals surface area contributed by atoms with E-state index in [1.165, 1.54) is 0 Å². The van der Waals surface area contributed by atoms with Crippen LogP contribution < -0.4 is 4.74 Å². The number of benzene rings is 1. The van der Waals surface area contributed by atoms with E-state index in [4.69, 9.17) is 4.74 Å². The molecule has 1 saturated heterocycles. The van der Waals surface area contributed by atoms with E-state index in [9.17, 15) is 9.90 Å². The Bertz CT molecular complexity index is 823. The number of fused-ring (bicyclic) bond motifs is 1. The molecule has 2 aliphatic rings. The summed E-state index contributed by atoms with van der Waals surface area (Å²) >= 11 is 0. The second-order valence-corrected chi connectivity index (χ2v) is 7.74. The standard InChI is InChI=1S/C20H27N5O3/c1-14(2)25-11-15(26)10-17(25)20-22-21-18-12-23(8-9-24(18)20)19(27)13-28-16-6-4-3-5-7-16/h3-7,14-15,17,26H,8-13H2,1-2H3/t15-,17-/m0/s1. The number of aliphatic hydroxyl groups excluding tert-OH is 1. The Hall–Kier alpha value is -2.45.